The number of unbranched alkanes of at least 4 members (excludes halogenated alkanes) is 2. The number of carboxylic acids is 1. The van der Waals surface area contributed by atoms with Crippen LogP contribution in [-0.2, 0) is 54.9 Å². The number of carbonyl (C=O) groups is 6. The number of imide groups is 1. The fourth-order valence-electron chi connectivity index (χ4n) is 4.76. The van der Waals surface area contributed by atoms with Crippen molar-refractivity contribution in [2.24, 2.45) is 0 Å². The second kappa shape index (κ2) is 21.4. The predicted octanol–water partition coefficient (Wildman–Crippen LogP) is -0.369. The van der Waals surface area contributed by atoms with E-state index in [1.807, 2.05) is 0 Å². The highest BCUT2D eigenvalue weighted by Crippen LogP contribution is 2.38. The Morgan fingerprint density at radius 1 is 1.04 bits per heavy atom. The first-order chi connectivity index (χ1) is 25.0. The Kier molecular flexibility index (Phi) is 17.7. The molecule has 2 aliphatic rings. The number of aliphatic hydroxyl groups is 2. The van der Waals surface area contributed by atoms with E-state index >= 15 is 0 Å². The summed E-state index contributed by atoms with van der Waals surface area (Å²) in [7, 11) is -5.20. The van der Waals surface area contributed by atoms with Crippen LogP contribution < -0.4 is 20.1 Å². The fourth-order valence-corrected chi connectivity index (χ4v) is 6.64. The lowest BCUT2D eigenvalue weighted by molar-refractivity contribution is -0.181. The quantitative estimate of drug-likeness (QED) is 0.0216. The minimum atomic E-state index is -4.65. The second-order valence-corrected chi connectivity index (χ2v) is 15.1. The second-order valence-electron chi connectivity index (χ2n) is 11.3. The van der Waals surface area contributed by atoms with Crippen LogP contribution in [0.2, 0.25) is 0 Å². The summed E-state index contributed by atoms with van der Waals surface area (Å²) < 4.78 is 58.8. The zero-order valence-corrected chi connectivity index (χ0v) is 31.9. The number of aliphatic hydroxyl groups excluding tert-OH is 2. The molecule has 0 saturated carbocycles. The number of halogens is 1. The van der Waals surface area contributed by atoms with E-state index in [0.29, 0.717) is 24.8 Å². The molecule has 0 aromatic heterocycles. The van der Waals surface area contributed by atoms with E-state index in [2.05, 4.69) is 10.6 Å². The summed E-state index contributed by atoms with van der Waals surface area (Å²) in [5.74, 6) is -5.98. The summed E-state index contributed by atoms with van der Waals surface area (Å²) >= 11 is 1.44. The Labute approximate surface area is 318 Å². The van der Waals surface area contributed by atoms with Gasteiger partial charge < -0.3 is 49.6 Å². The van der Waals surface area contributed by atoms with Gasteiger partial charge in [-0.1, -0.05) is 6.42 Å². The number of nitrogens with one attached hydrogen (secondary N) is 2. The number of carboxylic acid groups (broad SMARTS) is 1. The van der Waals surface area contributed by atoms with E-state index in [9.17, 15) is 57.1 Å². The van der Waals surface area contributed by atoms with E-state index in [1.165, 1.54) is 52.9 Å². The maximum absolute atomic E-state index is 12.6. The van der Waals surface area contributed by atoms with Gasteiger partial charge in [-0.25, -0.2) is 9.59 Å². The van der Waals surface area contributed by atoms with Gasteiger partial charge in [0.05, 0.1) is 35.8 Å². The van der Waals surface area contributed by atoms with E-state index < -0.39 is 88.2 Å². The van der Waals surface area contributed by atoms with Gasteiger partial charge in [0.2, 0.25) is 17.8 Å². The highest BCUT2D eigenvalue weighted by molar-refractivity contribution is 14.1. The summed E-state index contributed by atoms with van der Waals surface area (Å²) in [6, 6.07) is 1.63. The van der Waals surface area contributed by atoms with Crippen molar-refractivity contribution in [3.63, 3.8) is 0 Å². The number of rotatable bonds is 22. The molecule has 23 heteroatoms. The van der Waals surface area contributed by atoms with Gasteiger partial charge in [-0.15, -0.1) is 0 Å². The van der Waals surface area contributed by atoms with Gasteiger partial charge in [-0.3, -0.25) is 28.6 Å². The summed E-state index contributed by atoms with van der Waals surface area (Å²) in [4.78, 5) is 72.0. The molecule has 4 amide bonds. The van der Waals surface area contributed by atoms with E-state index in [0.717, 1.165) is 4.90 Å². The third kappa shape index (κ3) is 15.4. The summed E-state index contributed by atoms with van der Waals surface area (Å²) in [5.41, 5.74) is 0.363. The molecule has 6 N–H and O–H groups in total. The molecule has 3 rings (SSSR count). The first-order valence-corrected chi connectivity index (χ1v) is 19.8. The standard InChI is InChI=1S/C30H39IN3O17PS/c31-29(43)49-15-17-5-6-18(14-20(17)50-30-51-25(27(40)41)24(38)28(42)52-30)48-13-12-47-11-9-32-26(39)19(16-53(44,45)46)33-21(35)4-2-1-3-10-34-22(36)7-8-23(34)37/h5-8,14,19,24-25,28,30,38,42,52H,1-4,9-13,15-16H2,(H,32,39)(H,33,35)(H,40,41)(H,44,45,46)/t19-,24+,25-,28+,30+/m0/s1. The molecule has 294 valence electrons. The summed E-state index contributed by atoms with van der Waals surface area (Å²) in [5, 5.41) is 34.0. The van der Waals surface area contributed by atoms with Crippen LogP contribution in [0.1, 0.15) is 31.2 Å². The number of amides is 4. The van der Waals surface area contributed by atoms with Crippen molar-refractivity contribution in [3.8, 4) is 11.5 Å². The Morgan fingerprint density at radius 2 is 1.75 bits per heavy atom. The molecular formula is C30H39IN3O17PS. The van der Waals surface area contributed by atoms with E-state index in [-0.39, 0.29) is 57.4 Å². The molecule has 1 unspecified atom stereocenters. The van der Waals surface area contributed by atoms with Crippen LogP contribution in [0.15, 0.2) is 30.4 Å². The molecule has 1 saturated heterocycles. The van der Waals surface area contributed by atoms with Gasteiger partial charge in [0.25, 0.3) is 21.9 Å². The number of hydrogen-bond donors (Lipinski definition) is 6. The number of ether oxygens (including phenoxy) is 5. The summed E-state index contributed by atoms with van der Waals surface area (Å²) in [6.07, 6.45) is 0.101. The first kappa shape index (κ1) is 43.9. The van der Waals surface area contributed by atoms with Crippen molar-refractivity contribution in [3.05, 3.63) is 35.9 Å². The average molecular weight is 904 g/mol. The minimum absolute atomic E-state index is 0.00782. The van der Waals surface area contributed by atoms with Crippen molar-refractivity contribution in [2.75, 3.05) is 38.7 Å². The van der Waals surface area contributed by atoms with Crippen molar-refractivity contribution in [1.82, 2.24) is 15.5 Å². The number of hydrogen-bond acceptors (Lipinski definition) is 15. The lowest BCUT2D eigenvalue weighted by atomic mass is 10.1. The first-order valence-electron chi connectivity index (χ1n) is 15.9. The van der Waals surface area contributed by atoms with Crippen molar-refractivity contribution >= 4 is 74.9 Å². The number of nitrogens with zero attached hydrogens (tertiary/aromatic N) is 1. The highest BCUT2D eigenvalue weighted by atomic mass is 127. The Hall–Kier alpha value is -3.51. The molecule has 1 fully saturated rings. The van der Waals surface area contributed by atoms with Gasteiger partial charge >= 0.3 is 9.95 Å². The molecule has 20 nitrogen and oxygen atoms in total. The largest absolute Gasteiger partial charge is 0.491 e. The third-order valence-corrected chi connectivity index (χ3v) is 9.60. The Balaban J connectivity index is 1.42. The molecule has 0 radical (unpaired) electrons. The van der Waals surface area contributed by atoms with Crippen LogP contribution in [0, 0.1) is 0 Å². The fraction of sp³-hybridized carbons (Fsp3) is 0.533. The van der Waals surface area contributed by atoms with Crippen molar-refractivity contribution in [1.29, 1.82) is 0 Å². The van der Waals surface area contributed by atoms with Crippen molar-refractivity contribution in [2.45, 2.75) is 62.4 Å². The monoisotopic (exact) mass is 903 g/mol. The molecule has 53 heavy (non-hydrogen) atoms. The molecule has 2 aliphatic heterocycles. The molecule has 6 atom stereocenters. The smallest absolute Gasteiger partial charge is 0.367 e. The van der Waals surface area contributed by atoms with Crippen LogP contribution in [0.3, 0.4) is 0 Å². The van der Waals surface area contributed by atoms with Gasteiger partial charge in [0, 0.05) is 43.3 Å². The normalized spacial score (nSPS) is 20.9. The topological polar surface area (TPSA) is 291 Å². The Morgan fingerprint density at radius 3 is 2.42 bits per heavy atom. The van der Waals surface area contributed by atoms with Crippen LogP contribution in [-0.4, -0.2) is 136 Å². The zero-order chi connectivity index (χ0) is 39.1. The van der Waals surface area contributed by atoms with Crippen LogP contribution >= 0.6 is 31.2 Å². The number of benzene rings is 1. The molecule has 2 heterocycles. The highest BCUT2D eigenvalue weighted by Gasteiger charge is 2.42. The molecular weight excluding hydrogens is 864 g/mol. The third-order valence-electron chi connectivity index (χ3n) is 7.33. The van der Waals surface area contributed by atoms with E-state index in [1.54, 1.807) is 0 Å². The lowest BCUT2D eigenvalue weighted by Gasteiger charge is -2.35. The van der Waals surface area contributed by atoms with Crippen LogP contribution in [0.25, 0.3) is 0 Å². The maximum Gasteiger partial charge on any atom is 0.367 e. The van der Waals surface area contributed by atoms with E-state index in [4.69, 9.17) is 23.7 Å². The number of aliphatic carboxylic acids is 1. The summed E-state index contributed by atoms with van der Waals surface area (Å²) in [6.45, 7) is -0.167. The Bertz CT molecular complexity index is 1610. The van der Waals surface area contributed by atoms with Gasteiger partial charge in [0.15, 0.2) is 6.10 Å². The molecule has 0 spiro atoms. The van der Waals surface area contributed by atoms with Crippen LogP contribution in [0.4, 0.5) is 4.79 Å². The molecule has 1 aromatic carbocycles. The zero-order valence-electron chi connectivity index (χ0n) is 27.9. The molecule has 0 bridgehead atoms. The maximum atomic E-state index is 12.6. The van der Waals surface area contributed by atoms with Gasteiger partial charge in [-0.2, -0.15) is 8.42 Å². The molecule has 1 aromatic rings. The predicted molar refractivity (Wildman–Crippen MR) is 190 cm³/mol. The van der Waals surface area contributed by atoms with Crippen molar-refractivity contribution < 1.29 is 80.7 Å². The average Bonchev–Trinajstić information content (AvgIpc) is 3.40. The number of carbonyl (C=O) groups excluding carboxylic acids is 5. The van der Waals surface area contributed by atoms with Gasteiger partial charge in [0.1, 0.15) is 48.5 Å². The SMILES string of the molecule is O=C(CCCCCN1C(=O)C=CC1=O)N[C@@H](CS(=O)(=O)O)C(=O)NCCOCCOc1ccc(COC(=O)I)c(O[C@@H]2O[C@H](C(=O)O)[C@@H](O)[C@H](O)P2)c1. The minimum Gasteiger partial charge on any atom is -0.491 e. The lowest BCUT2D eigenvalue weighted by Crippen LogP contribution is -2.50. The van der Waals surface area contributed by atoms with Crippen LogP contribution in [0.5, 0.6) is 11.5 Å². The molecule has 0 aliphatic carbocycles. The van der Waals surface area contributed by atoms with Gasteiger partial charge in [-0.05, 0) is 33.6 Å².